The maximum absolute atomic E-state index is 4.12. The number of nitrogens with one attached hydrogen (secondary N) is 1. The van der Waals surface area contributed by atoms with Gasteiger partial charge in [-0.3, -0.25) is 0 Å². The minimum absolute atomic E-state index is 0.367. The fourth-order valence-electron chi connectivity index (χ4n) is 2.05. The van der Waals surface area contributed by atoms with Crippen molar-refractivity contribution in [2.45, 2.75) is 39.7 Å². The molecule has 4 heteroatoms. The van der Waals surface area contributed by atoms with Crippen LogP contribution in [0.3, 0.4) is 0 Å². The van der Waals surface area contributed by atoms with Crippen LogP contribution in [0.5, 0.6) is 0 Å². The molecule has 0 spiro atoms. The van der Waals surface area contributed by atoms with Gasteiger partial charge in [-0.25, -0.2) is 9.97 Å². The molecule has 0 fully saturated rings. The zero-order chi connectivity index (χ0) is 13.2. The Morgan fingerprint density at radius 3 is 2.39 bits per heavy atom. The summed E-state index contributed by atoms with van der Waals surface area (Å²) in [6.07, 6.45) is 7.68. The Morgan fingerprint density at radius 1 is 1.17 bits per heavy atom. The summed E-state index contributed by atoms with van der Waals surface area (Å²) in [6.45, 7) is 11.0. The Bertz CT molecular complexity index is 298. The van der Waals surface area contributed by atoms with Crippen molar-refractivity contribution in [2.75, 3.05) is 26.2 Å². The van der Waals surface area contributed by atoms with Crippen LogP contribution in [-0.2, 0) is 0 Å². The van der Waals surface area contributed by atoms with Crippen LogP contribution in [0.15, 0.2) is 18.7 Å². The van der Waals surface area contributed by atoms with Crippen molar-refractivity contribution in [1.82, 2.24) is 20.2 Å². The van der Waals surface area contributed by atoms with Gasteiger partial charge in [-0.05, 0) is 39.0 Å². The zero-order valence-corrected chi connectivity index (χ0v) is 11.9. The molecule has 0 aliphatic carbocycles. The smallest absolute Gasteiger partial charge is 0.115 e. The number of aromatic nitrogens is 2. The number of rotatable bonds is 9. The molecular weight excluding hydrogens is 224 g/mol. The quantitative estimate of drug-likeness (QED) is 0.730. The Hall–Kier alpha value is -1.00. The third-order valence-corrected chi connectivity index (χ3v) is 3.25. The first-order chi connectivity index (χ1) is 8.81. The molecule has 0 radical (unpaired) electrons. The van der Waals surface area contributed by atoms with Crippen molar-refractivity contribution in [3.05, 3.63) is 24.3 Å². The van der Waals surface area contributed by atoms with Gasteiger partial charge in [0.25, 0.3) is 0 Å². The van der Waals surface area contributed by atoms with E-state index in [9.17, 15) is 0 Å². The average molecular weight is 250 g/mol. The molecule has 4 nitrogen and oxygen atoms in total. The van der Waals surface area contributed by atoms with Crippen LogP contribution in [0.1, 0.15) is 45.2 Å². The molecule has 102 valence electrons. The first-order valence-corrected chi connectivity index (χ1v) is 7.02. The summed E-state index contributed by atoms with van der Waals surface area (Å²) in [6, 6.07) is 0.367. The molecule has 0 bridgehead atoms. The lowest BCUT2D eigenvalue weighted by atomic mass is 10.1. The second kappa shape index (κ2) is 9.00. The summed E-state index contributed by atoms with van der Waals surface area (Å²) in [5, 5.41) is 3.58. The van der Waals surface area contributed by atoms with E-state index in [1.165, 1.54) is 5.56 Å². The van der Waals surface area contributed by atoms with Gasteiger partial charge in [-0.2, -0.15) is 0 Å². The summed E-state index contributed by atoms with van der Waals surface area (Å²) in [5.74, 6) is 0. The predicted molar refractivity (Wildman–Crippen MR) is 75.5 cm³/mol. The summed E-state index contributed by atoms with van der Waals surface area (Å²) in [5.41, 5.74) is 1.19. The molecule has 0 amide bonds. The second-order valence-corrected chi connectivity index (χ2v) is 4.49. The van der Waals surface area contributed by atoms with Gasteiger partial charge in [-0.15, -0.1) is 0 Å². The minimum Gasteiger partial charge on any atom is -0.310 e. The van der Waals surface area contributed by atoms with E-state index in [-0.39, 0.29) is 0 Å². The highest BCUT2D eigenvalue weighted by Crippen LogP contribution is 2.15. The molecule has 18 heavy (non-hydrogen) atoms. The largest absolute Gasteiger partial charge is 0.310 e. The molecule has 1 unspecified atom stereocenters. The molecule has 0 aromatic carbocycles. The van der Waals surface area contributed by atoms with E-state index in [0.29, 0.717) is 6.04 Å². The topological polar surface area (TPSA) is 41.0 Å². The molecule has 1 N–H and O–H groups in total. The van der Waals surface area contributed by atoms with Crippen molar-refractivity contribution in [2.24, 2.45) is 0 Å². The van der Waals surface area contributed by atoms with Crippen LogP contribution in [0.25, 0.3) is 0 Å². The van der Waals surface area contributed by atoms with Crippen LogP contribution in [-0.4, -0.2) is 41.0 Å². The van der Waals surface area contributed by atoms with Crippen LogP contribution >= 0.6 is 0 Å². The van der Waals surface area contributed by atoms with Crippen molar-refractivity contribution in [3.8, 4) is 0 Å². The van der Waals surface area contributed by atoms with Gasteiger partial charge in [0, 0.05) is 24.0 Å². The Morgan fingerprint density at radius 2 is 1.83 bits per heavy atom. The van der Waals surface area contributed by atoms with Crippen LogP contribution in [0, 0.1) is 0 Å². The lowest BCUT2D eigenvalue weighted by Gasteiger charge is -2.23. The maximum atomic E-state index is 4.12. The number of hydrogen-bond acceptors (Lipinski definition) is 4. The summed E-state index contributed by atoms with van der Waals surface area (Å²) in [7, 11) is 0. The Balaban J connectivity index is 2.56. The first kappa shape index (κ1) is 15.1. The van der Waals surface area contributed by atoms with Gasteiger partial charge in [0.05, 0.1) is 0 Å². The number of nitrogens with zero attached hydrogens (tertiary/aromatic N) is 3. The first-order valence-electron chi connectivity index (χ1n) is 7.02. The van der Waals surface area contributed by atoms with E-state index in [1.54, 1.807) is 6.33 Å². The van der Waals surface area contributed by atoms with Crippen LogP contribution < -0.4 is 5.32 Å². The molecular formula is C14H26N4. The molecule has 0 aliphatic rings. The highest BCUT2D eigenvalue weighted by atomic mass is 15.1. The minimum atomic E-state index is 0.367. The second-order valence-electron chi connectivity index (χ2n) is 4.49. The maximum Gasteiger partial charge on any atom is 0.115 e. The van der Waals surface area contributed by atoms with Crippen molar-refractivity contribution >= 4 is 0 Å². The van der Waals surface area contributed by atoms with E-state index in [2.05, 4.69) is 41.0 Å². The van der Waals surface area contributed by atoms with E-state index in [1.807, 2.05) is 12.4 Å². The monoisotopic (exact) mass is 250 g/mol. The fourth-order valence-corrected chi connectivity index (χ4v) is 2.05. The third-order valence-electron chi connectivity index (χ3n) is 3.25. The SMILES string of the molecule is CCCNC(CCN(CC)CC)c1cncnc1. The molecule has 0 saturated heterocycles. The van der Waals surface area contributed by atoms with E-state index >= 15 is 0 Å². The zero-order valence-electron chi connectivity index (χ0n) is 11.9. The molecule has 0 aliphatic heterocycles. The lowest BCUT2D eigenvalue weighted by Crippen LogP contribution is -2.30. The van der Waals surface area contributed by atoms with Crippen molar-refractivity contribution in [1.29, 1.82) is 0 Å². The average Bonchev–Trinajstić information content (AvgIpc) is 2.44. The predicted octanol–water partition coefficient (Wildman–Crippen LogP) is 2.25. The Labute approximate surface area is 111 Å². The van der Waals surface area contributed by atoms with Crippen molar-refractivity contribution < 1.29 is 0 Å². The number of hydrogen-bond donors (Lipinski definition) is 1. The normalized spacial score (nSPS) is 12.9. The van der Waals surface area contributed by atoms with E-state index in [4.69, 9.17) is 0 Å². The summed E-state index contributed by atoms with van der Waals surface area (Å²) < 4.78 is 0. The fraction of sp³-hybridized carbons (Fsp3) is 0.714. The van der Waals surface area contributed by atoms with Crippen LogP contribution in [0.4, 0.5) is 0 Å². The molecule has 1 aromatic rings. The third kappa shape index (κ3) is 5.10. The van der Waals surface area contributed by atoms with E-state index in [0.717, 1.165) is 39.0 Å². The van der Waals surface area contributed by atoms with Gasteiger partial charge >= 0.3 is 0 Å². The highest BCUT2D eigenvalue weighted by molar-refractivity contribution is 5.09. The van der Waals surface area contributed by atoms with Gasteiger partial charge in [0.15, 0.2) is 0 Å². The van der Waals surface area contributed by atoms with Crippen LogP contribution in [0.2, 0.25) is 0 Å². The van der Waals surface area contributed by atoms with Crippen molar-refractivity contribution in [3.63, 3.8) is 0 Å². The van der Waals surface area contributed by atoms with Gasteiger partial charge in [0.1, 0.15) is 6.33 Å². The van der Waals surface area contributed by atoms with E-state index < -0.39 is 0 Å². The standard InChI is InChI=1S/C14H26N4/c1-4-8-17-14(7-9-18(5-2)6-3)13-10-15-12-16-11-13/h10-12,14,17H,4-9H2,1-3H3. The molecule has 0 saturated carbocycles. The Kier molecular flexibility index (Phi) is 7.53. The highest BCUT2D eigenvalue weighted by Gasteiger charge is 2.12. The molecule has 1 aromatic heterocycles. The summed E-state index contributed by atoms with van der Waals surface area (Å²) >= 11 is 0. The summed E-state index contributed by atoms with van der Waals surface area (Å²) in [4.78, 5) is 10.7. The molecule has 1 atom stereocenters. The van der Waals surface area contributed by atoms with Gasteiger partial charge < -0.3 is 10.2 Å². The molecule has 1 heterocycles. The van der Waals surface area contributed by atoms with Gasteiger partial charge in [-0.1, -0.05) is 20.8 Å². The lowest BCUT2D eigenvalue weighted by molar-refractivity contribution is 0.281. The van der Waals surface area contributed by atoms with Gasteiger partial charge in [0.2, 0.25) is 0 Å². The molecule has 1 rings (SSSR count).